The minimum absolute atomic E-state index is 0.0688. The zero-order valence-corrected chi connectivity index (χ0v) is 19.7. The van der Waals surface area contributed by atoms with E-state index in [2.05, 4.69) is 20.5 Å². The molecule has 9 heteroatoms. The molecule has 1 aromatic heterocycles. The lowest BCUT2D eigenvalue weighted by Gasteiger charge is -2.10. The van der Waals surface area contributed by atoms with Gasteiger partial charge in [0.2, 0.25) is 11.1 Å². The first kappa shape index (κ1) is 24.2. The van der Waals surface area contributed by atoms with E-state index in [4.69, 9.17) is 0 Å². The summed E-state index contributed by atoms with van der Waals surface area (Å²) in [6.07, 6.45) is 0. The van der Waals surface area contributed by atoms with Crippen LogP contribution in [-0.2, 0) is 4.79 Å². The molecule has 35 heavy (non-hydrogen) atoms. The topological polar surface area (TPSA) is 84.8 Å². The number of benzene rings is 3. The molecule has 0 saturated heterocycles. The van der Waals surface area contributed by atoms with Gasteiger partial charge < -0.3 is 5.32 Å². The average molecular weight is 491 g/mol. The average Bonchev–Trinajstić information content (AvgIpc) is 2.84. The number of aromatic nitrogens is 3. The molecule has 0 atom stereocenters. The summed E-state index contributed by atoms with van der Waals surface area (Å²) in [6, 6.07) is 16.6. The number of carbonyl (C=O) groups is 2. The van der Waals surface area contributed by atoms with E-state index in [-0.39, 0.29) is 34.2 Å². The maximum atomic E-state index is 13.5. The zero-order chi connectivity index (χ0) is 24.9. The molecule has 0 fully saturated rings. The Labute approximate surface area is 204 Å². The fourth-order valence-electron chi connectivity index (χ4n) is 3.36. The zero-order valence-electron chi connectivity index (χ0n) is 18.9. The van der Waals surface area contributed by atoms with Crippen molar-refractivity contribution in [2.75, 3.05) is 11.1 Å². The van der Waals surface area contributed by atoms with Gasteiger partial charge in [-0.1, -0.05) is 11.8 Å². The molecule has 1 heterocycles. The predicted octanol–water partition coefficient (Wildman–Crippen LogP) is 5.73. The number of hydrogen-bond donors (Lipinski definition) is 1. The first-order valence-corrected chi connectivity index (χ1v) is 11.6. The molecule has 4 aromatic rings. The smallest absolute Gasteiger partial charge is 0.221 e. The lowest BCUT2D eigenvalue weighted by molar-refractivity contribution is -0.114. The lowest BCUT2D eigenvalue weighted by Crippen LogP contribution is -2.09. The molecule has 0 aliphatic heterocycles. The van der Waals surface area contributed by atoms with Gasteiger partial charge >= 0.3 is 0 Å². The van der Waals surface area contributed by atoms with Crippen LogP contribution >= 0.6 is 11.8 Å². The second-order valence-corrected chi connectivity index (χ2v) is 8.67. The summed E-state index contributed by atoms with van der Waals surface area (Å²) in [5.74, 6) is -1.03. The lowest BCUT2D eigenvalue weighted by atomic mass is 10.0. The first-order chi connectivity index (χ1) is 16.8. The van der Waals surface area contributed by atoms with Crippen molar-refractivity contribution in [1.29, 1.82) is 0 Å². The standard InChI is InChI=1S/C26H20F2N4O2S/c1-15-13-19(7-12-22(15)29-16(2)33)23(34)14-35-26-30-24(17-3-8-20(27)9-4-17)25(31-32-26)18-5-10-21(28)11-6-18/h3-13H,14H2,1-2H3,(H,29,33). The highest BCUT2D eigenvalue weighted by Gasteiger charge is 2.16. The Bertz CT molecular complexity index is 1390. The van der Waals surface area contributed by atoms with Crippen LogP contribution in [0.15, 0.2) is 71.9 Å². The molecule has 0 unspecified atom stereocenters. The van der Waals surface area contributed by atoms with Crippen LogP contribution < -0.4 is 5.32 Å². The summed E-state index contributed by atoms with van der Waals surface area (Å²) in [6.45, 7) is 3.23. The third-order valence-electron chi connectivity index (χ3n) is 5.09. The maximum Gasteiger partial charge on any atom is 0.221 e. The molecular weight excluding hydrogens is 470 g/mol. The van der Waals surface area contributed by atoms with Crippen molar-refractivity contribution in [3.05, 3.63) is 89.5 Å². The van der Waals surface area contributed by atoms with Crippen molar-refractivity contribution in [3.8, 4) is 22.5 Å². The number of thioether (sulfide) groups is 1. The number of amides is 1. The van der Waals surface area contributed by atoms with Gasteiger partial charge in [-0.15, -0.1) is 10.2 Å². The van der Waals surface area contributed by atoms with Crippen LogP contribution in [0.2, 0.25) is 0 Å². The van der Waals surface area contributed by atoms with Gasteiger partial charge in [-0.3, -0.25) is 9.59 Å². The molecule has 0 bridgehead atoms. The van der Waals surface area contributed by atoms with E-state index < -0.39 is 0 Å². The molecular formula is C26H20F2N4O2S. The quantitative estimate of drug-likeness (QED) is 0.263. The number of nitrogens with zero attached hydrogens (tertiary/aromatic N) is 3. The van der Waals surface area contributed by atoms with Crippen molar-refractivity contribution in [2.45, 2.75) is 19.0 Å². The number of ketones is 1. The molecule has 6 nitrogen and oxygen atoms in total. The number of hydrogen-bond acceptors (Lipinski definition) is 6. The summed E-state index contributed by atoms with van der Waals surface area (Å²) in [7, 11) is 0. The van der Waals surface area contributed by atoms with Gasteiger partial charge in [0.1, 0.15) is 23.0 Å². The summed E-state index contributed by atoms with van der Waals surface area (Å²) in [5, 5.41) is 11.4. The molecule has 4 rings (SSSR count). The van der Waals surface area contributed by atoms with Crippen LogP contribution in [0.3, 0.4) is 0 Å². The van der Waals surface area contributed by atoms with Crippen LogP contribution in [-0.4, -0.2) is 32.6 Å². The molecule has 0 spiro atoms. The first-order valence-electron chi connectivity index (χ1n) is 10.6. The van der Waals surface area contributed by atoms with E-state index in [1.807, 2.05) is 6.92 Å². The number of Topliss-reactive ketones (excluding diaryl/α,β-unsaturated/α-hetero) is 1. The summed E-state index contributed by atoms with van der Waals surface area (Å²) < 4.78 is 26.9. The second-order valence-electron chi connectivity index (χ2n) is 7.73. The van der Waals surface area contributed by atoms with Crippen LogP contribution in [0.4, 0.5) is 14.5 Å². The molecule has 1 amide bonds. The number of aryl methyl sites for hydroxylation is 1. The van der Waals surface area contributed by atoms with Crippen molar-refractivity contribution in [3.63, 3.8) is 0 Å². The van der Waals surface area contributed by atoms with E-state index in [1.165, 1.54) is 31.2 Å². The van der Waals surface area contributed by atoms with E-state index >= 15 is 0 Å². The minimum Gasteiger partial charge on any atom is -0.326 e. The Balaban J connectivity index is 1.58. The molecule has 176 valence electrons. The second kappa shape index (κ2) is 10.5. The van der Waals surface area contributed by atoms with Crippen molar-refractivity contribution in [1.82, 2.24) is 15.2 Å². The Kier molecular flexibility index (Phi) is 7.26. The van der Waals surface area contributed by atoms with Gasteiger partial charge in [0.25, 0.3) is 0 Å². The monoisotopic (exact) mass is 490 g/mol. The third kappa shape index (κ3) is 5.93. The molecule has 0 aliphatic rings. The Morgan fingerprint density at radius 3 is 2.03 bits per heavy atom. The number of carbonyl (C=O) groups excluding carboxylic acids is 2. The molecule has 0 radical (unpaired) electrons. The van der Waals surface area contributed by atoms with Crippen molar-refractivity contribution < 1.29 is 18.4 Å². The van der Waals surface area contributed by atoms with E-state index in [0.717, 1.165) is 17.3 Å². The van der Waals surface area contributed by atoms with Gasteiger partial charge in [-0.05, 0) is 79.2 Å². The minimum atomic E-state index is -0.390. The highest BCUT2D eigenvalue weighted by Crippen LogP contribution is 2.30. The Morgan fingerprint density at radius 1 is 0.857 bits per heavy atom. The van der Waals surface area contributed by atoms with Crippen LogP contribution in [0.5, 0.6) is 0 Å². The molecule has 1 N–H and O–H groups in total. The number of rotatable bonds is 7. The van der Waals surface area contributed by atoms with Crippen molar-refractivity contribution in [2.24, 2.45) is 0 Å². The normalized spacial score (nSPS) is 10.7. The summed E-state index contributed by atoms with van der Waals surface area (Å²) in [5.41, 5.74) is 3.99. The van der Waals surface area contributed by atoms with E-state index in [0.29, 0.717) is 33.8 Å². The van der Waals surface area contributed by atoms with E-state index in [9.17, 15) is 18.4 Å². The Morgan fingerprint density at radius 2 is 1.46 bits per heavy atom. The van der Waals surface area contributed by atoms with Crippen LogP contribution in [0, 0.1) is 18.6 Å². The van der Waals surface area contributed by atoms with Gasteiger partial charge in [-0.25, -0.2) is 13.8 Å². The van der Waals surface area contributed by atoms with Crippen molar-refractivity contribution >= 4 is 29.1 Å². The summed E-state index contributed by atoms with van der Waals surface area (Å²) in [4.78, 5) is 28.6. The molecule has 0 aliphatic carbocycles. The highest BCUT2D eigenvalue weighted by molar-refractivity contribution is 7.99. The Hall–Kier alpha value is -3.98. The fourth-order valence-corrected chi connectivity index (χ4v) is 4.05. The molecule has 0 saturated carbocycles. The fraction of sp³-hybridized carbons (Fsp3) is 0.115. The van der Waals surface area contributed by atoms with Gasteiger partial charge in [0.05, 0.1) is 5.75 Å². The van der Waals surface area contributed by atoms with E-state index in [1.54, 1.807) is 42.5 Å². The maximum absolute atomic E-state index is 13.5. The van der Waals surface area contributed by atoms with Crippen LogP contribution in [0.25, 0.3) is 22.5 Å². The number of anilines is 1. The number of nitrogens with one attached hydrogen (secondary N) is 1. The van der Waals surface area contributed by atoms with Gasteiger partial charge in [0.15, 0.2) is 5.78 Å². The number of halogens is 2. The summed E-state index contributed by atoms with van der Waals surface area (Å²) >= 11 is 1.12. The van der Waals surface area contributed by atoms with Gasteiger partial charge in [-0.2, -0.15) is 0 Å². The van der Waals surface area contributed by atoms with Gasteiger partial charge in [0, 0.05) is 29.3 Å². The molecule has 3 aromatic carbocycles. The van der Waals surface area contributed by atoms with Crippen LogP contribution in [0.1, 0.15) is 22.8 Å². The highest BCUT2D eigenvalue weighted by atomic mass is 32.2. The third-order valence-corrected chi connectivity index (χ3v) is 5.93. The SMILES string of the molecule is CC(=O)Nc1ccc(C(=O)CSc2nnc(-c3ccc(F)cc3)c(-c3ccc(F)cc3)n2)cc1C. The predicted molar refractivity (Wildman–Crippen MR) is 131 cm³/mol. The largest absolute Gasteiger partial charge is 0.326 e.